The fourth-order valence-corrected chi connectivity index (χ4v) is 6.46. The minimum atomic E-state index is -1.33. The van der Waals surface area contributed by atoms with Crippen LogP contribution in [0.2, 0.25) is 0 Å². The highest BCUT2D eigenvalue weighted by Gasteiger charge is 2.48. The average Bonchev–Trinajstić information content (AvgIpc) is 2.99. The van der Waals surface area contributed by atoms with Crippen LogP contribution in [0.15, 0.2) is 47.5 Å². The van der Waals surface area contributed by atoms with Gasteiger partial charge in [0.15, 0.2) is 11.6 Å². The molecule has 0 aromatic heterocycles. The number of nitrogens with zero attached hydrogens (tertiary/aromatic N) is 4. The largest absolute Gasteiger partial charge is 0.468 e. The molecule has 1 saturated heterocycles. The van der Waals surface area contributed by atoms with Crippen LogP contribution in [0, 0.1) is 28.9 Å². The third-order valence-electron chi connectivity index (χ3n) is 8.62. The molecular weight excluding hydrogens is 560 g/mol. The van der Waals surface area contributed by atoms with Gasteiger partial charge in [-0.15, -0.1) is 0 Å². The van der Waals surface area contributed by atoms with Crippen LogP contribution in [0.3, 0.4) is 0 Å². The number of hydrogen-bond donors (Lipinski definition) is 1. The van der Waals surface area contributed by atoms with Crippen molar-refractivity contribution in [1.29, 1.82) is 5.26 Å². The third kappa shape index (κ3) is 6.14. The first kappa shape index (κ1) is 30.3. The normalized spacial score (nSPS) is 24.5. The molecule has 5 rings (SSSR count). The molecule has 2 atom stereocenters. The van der Waals surface area contributed by atoms with Gasteiger partial charge in [-0.1, -0.05) is 24.3 Å². The predicted molar refractivity (Wildman–Crippen MR) is 151 cm³/mol. The number of carbonyl (C=O) groups is 3. The van der Waals surface area contributed by atoms with Crippen molar-refractivity contribution in [2.45, 2.75) is 49.7 Å². The molecule has 10 nitrogen and oxygen atoms in total. The molecule has 1 N–H and O–H groups in total. The first-order valence-corrected chi connectivity index (χ1v) is 14.2. The summed E-state index contributed by atoms with van der Waals surface area (Å²) >= 11 is 0. The van der Waals surface area contributed by atoms with Crippen molar-refractivity contribution in [1.82, 2.24) is 15.1 Å². The molecule has 4 amide bonds. The van der Waals surface area contributed by atoms with Crippen LogP contribution in [0.25, 0.3) is 0 Å². The highest BCUT2D eigenvalue weighted by Crippen LogP contribution is 2.38. The summed E-state index contributed by atoms with van der Waals surface area (Å²) in [7, 11) is 2.50. The van der Waals surface area contributed by atoms with Gasteiger partial charge >= 0.3 is 18.0 Å². The van der Waals surface area contributed by atoms with Gasteiger partial charge in [0.05, 0.1) is 43.1 Å². The number of benzene rings is 2. The molecule has 1 aliphatic carbocycles. The minimum Gasteiger partial charge on any atom is -0.468 e. The summed E-state index contributed by atoms with van der Waals surface area (Å²) in [5, 5.41) is 12.3. The molecular formula is C31H33F2N5O5. The maximum absolute atomic E-state index is 14.3. The van der Waals surface area contributed by atoms with E-state index in [1.54, 1.807) is 0 Å². The summed E-state index contributed by atoms with van der Waals surface area (Å²) in [6.07, 6.45) is 3.86. The van der Waals surface area contributed by atoms with Gasteiger partial charge in [-0.25, -0.2) is 23.3 Å². The lowest BCUT2D eigenvalue weighted by atomic mass is 9.79. The van der Waals surface area contributed by atoms with Crippen molar-refractivity contribution in [2.24, 2.45) is 10.9 Å². The number of ether oxygens (including phenoxy) is 2. The number of rotatable bonds is 7. The standard InChI is InChI=1S/C31H33F2N5O5/c1-42-17-26-27(29(39)43-2)28(19-9-12-24(32)25(33)13-19)38(31(41)36-26)30(40)35-21-15-37(16-21)22-10-7-18(8-11-22)23-6-4-3-5-20(23)14-34/h3-6,9,12-13,18,21-22,27-28H,7-8,10-11,15-17H2,1-2H3,(H,35,40)/t18?,22?,27?,28-/m0/s1. The fraction of sp³-hybridized carbons (Fsp3) is 0.452. The van der Waals surface area contributed by atoms with Crippen molar-refractivity contribution >= 4 is 23.7 Å². The fourth-order valence-electron chi connectivity index (χ4n) is 6.46. The number of nitriles is 1. The summed E-state index contributed by atoms with van der Waals surface area (Å²) in [6, 6.07) is 9.96. The van der Waals surface area contributed by atoms with Crippen LogP contribution in [-0.2, 0) is 14.3 Å². The number of urea groups is 2. The molecule has 2 aromatic carbocycles. The van der Waals surface area contributed by atoms with E-state index in [1.165, 1.54) is 13.2 Å². The van der Waals surface area contributed by atoms with Crippen LogP contribution in [0.1, 0.15) is 54.3 Å². The van der Waals surface area contributed by atoms with Crippen molar-refractivity contribution < 1.29 is 32.6 Å². The van der Waals surface area contributed by atoms with E-state index in [9.17, 15) is 28.4 Å². The second-order valence-electron chi connectivity index (χ2n) is 11.1. The number of likely N-dealkylation sites (tertiary alicyclic amines) is 1. The van der Waals surface area contributed by atoms with E-state index >= 15 is 0 Å². The van der Waals surface area contributed by atoms with Crippen molar-refractivity contribution in [3.05, 3.63) is 70.8 Å². The zero-order valence-corrected chi connectivity index (χ0v) is 24.0. The zero-order chi connectivity index (χ0) is 30.7. The van der Waals surface area contributed by atoms with Gasteiger partial charge in [0, 0.05) is 26.2 Å². The molecule has 0 bridgehead atoms. The Hall–Kier alpha value is -4.21. The van der Waals surface area contributed by atoms with Crippen LogP contribution in [0.5, 0.6) is 0 Å². The maximum Gasteiger partial charge on any atom is 0.352 e. The number of esters is 1. The van der Waals surface area contributed by atoms with E-state index in [4.69, 9.17) is 9.47 Å². The van der Waals surface area contributed by atoms with E-state index < -0.39 is 41.6 Å². The Kier molecular flexibility index (Phi) is 9.13. The highest BCUT2D eigenvalue weighted by molar-refractivity contribution is 6.12. The molecule has 1 unspecified atom stereocenters. The van der Waals surface area contributed by atoms with Crippen LogP contribution >= 0.6 is 0 Å². The van der Waals surface area contributed by atoms with E-state index in [2.05, 4.69) is 21.3 Å². The van der Waals surface area contributed by atoms with Crippen LogP contribution in [-0.4, -0.2) is 79.5 Å². The Morgan fingerprint density at radius 1 is 1.07 bits per heavy atom. The SMILES string of the molecule is COCC1=NC(=O)N(C(=O)NC2CN(C3CCC(c4ccccc4C#N)CC3)C2)[C@@H](c2ccc(F)c(F)c2)C1C(=O)OC. The van der Waals surface area contributed by atoms with Crippen LogP contribution < -0.4 is 5.32 Å². The monoisotopic (exact) mass is 593 g/mol. The number of methoxy groups -OCH3 is 2. The zero-order valence-electron chi connectivity index (χ0n) is 24.0. The molecule has 2 aromatic rings. The quantitative estimate of drug-likeness (QED) is 0.475. The van der Waals surface area contributed by atoms with E-state index in [0.717, 1.165) is 61.0 Å². The van der Waals surface area contributed by atoms with Crippen molar-refractivity contribution in [3.63, 3.8) is 0 Å². The smallest absolute Gasteiger partial charge is 0.352 e. The molecule has 2 fully saturated rings. The van der Waals surface area contributed by atoms with Gasteiger partial charge in [-0.05, 0) is 60.9 Å². The number of halogens is 2. The summed E-state index contributed by atoms with van der Waals surface area (Å²) < 4.78 is 38.1. The molecule has 226 valence electrons. The molecule has 12 heteroatoms. The lowest BCUT2D eigenvalue weighted by Crippen LogP contribution is -2.65. The second kappa shape index (κ2) is 13.0. The van der Waals surface area contributed by atoms with Crippen LogP contribution in [0.4, 0.5) is 18.4 Å². The van der Waals surface area contributed by atoms with Gasteiger partial charge in [-0.2, -0.15) is 10.3 Å². The van der Waals surface area contributed by atoms with E-state index in [1.807, 2.05) is 24.3 Å². The molecule has 0 radical (unpaired) electrons. The highest BCUT2D eigenvalue weighted by atomic mass is 19.2. The number of hydrogen-bond acceptors (Lipinski definition) is 7. The lowest BCUT2D eigenvalue weighted by molar-refractivity contribution is -0.144. The first-order valence-electron chi connectivity index (χ1n) is 14.2. The maximum atomic E-state index is 14.3. The van der Waals surface area contributed by atoms with Crippen molar-refractivity contribution in [2.75, 3.05) is 33.9 Å². The molecule has 3 aliphatic rings. The van der Waals surface area contributed by atoms with Gasteiger partial charge in [-0.3, -0.25) is 9.69 Å². The Morgan fingerprint density at radius 3 is 2.44 bits per heavy atom. The number of carbonyl (C=O) groups excluding carboxylic acids is 3. The topological polar surface area (TPSA) is 124 Å². The summed E-state index contributed by atoms with van der Waals surface area (Å²) in [6.45, 7) is 0.946. The molecule has 0 spiro atoms. The van der Waals surface area contributed by atoms with Crippen molar-refractivity contribution in [3.8, 4) is 6.07 Å². The first-order chi connectivity index (χ1) is 20.7. The summed E-state index contributed by atoms with van der Waals surface area (Å²) in [5.41, 5.74) is 1.87. The van der Waals surface area contributed by atoms with Gasteiger partial charge in [0.2, 0.25) is 0 Å². The Balaban J connectivity index is 1.27. The Morgan fingerprint density at radius 2 is 1.79 bits per heavy atom. The third-order valence-corrected chi connectivity index (χ3v) is 8.62. The molecule has 2 heterocycles. The lowest BCUT2D eigenvalue weighted by Gasteiger charge is -2.47. The second-order valence-corrected chi connectivity index (χ2v) is 11.1. The molecule has 1 saturated carbocycles. The average molecular weight is 594 g/mol. The number of aliphatic imine (C=N–C) groups is 1. The van der Waals surface area contributed by atoms with E-state index in [-0.39, 0.29) is 23.9 Å². The molecule has 2 aliphatic heterocycles. The predicted octanol–water partition coefficient (Wildman–Crippen LogP) is 4.31. The minimum absolute atomic E-state index is 0.0148. The van der Waals surface area contributed by atoms with E-state index in [0.29, 0.717) is 25.0 Å². The van der Waals surface area contributed by atoms with Gasteiger partial charge in [0.25, 0.3) is 0 Å². The Bertz CT molecular complexity index is 1460. The summed E-state index contributed by atoms with van der Waals surface area (Å²) in [4.78, 5) is 46.6. The summed E-state index contributed by atoms with van der Waals surface area (Å²) in [5.74, 6) is -4.05. The van der Waals surface area contributed by atoms with Gasteiger partial charge < -0.3 is 14.8 Å². The molecule has 43 heavy (non-hydrogen) atoms. The Labute approximate surface area is 248 Å². The van der Waals surface area contributed by atoms with Gasteiger partial charge in [0.1, 0.15) is 5.92 Å². The number of imide groups is 1. The number of amides is 4. The number of nitrogens with one attached hydrogen (secondary N) is 1.